The van der Waals surface area contributed by atoms with Crippen molar-refractivity contribution >= 4 is 10.9 Å². The average Bonchev–Trinajstić information content (AvgIpc) is 2.38. The van der Waals surface area contributed by atoms with Crippen LogP contribution in [0.25, 0.3) is 10.9 Å². The lowest BCUT2D eigenvalue weighted by molar-refractivity contribution is -0.0154. The molecule has 0 spiro atoms. The number of aliphatic hydroxyl groups excluding tert-OH is 3. The molecule has 2 aromatic rings. The van der Waals surface area contributed by atoms with E-state index in [1.54, 1.807) is 12.3 Å². The monoisotopic (exact) mass is 233 g/mol. The predicted molar refractivity (Wildman–Crippen MR) is 64.5 cm³/mol. The van der Waals surface area contributed by atoms with E-state index in [0.29, 0.717) is 5.56 Å². The van der Waals surface area contributed by atoms with E-state index in [-0.39, 0.29) is 0 Å². The molecule has 90 valence electrons. The molecule has 0 aliphatic heterocycles. The summed E-state index contributed by atoms with van der Waals surface area (Å²) in [5.74, 6) is 0. The summed E-state index contributed by atoms with van der Waals surface area (Å²) in [6.45, 7) is 1.37. The minimum atomic E-state index is -1.17. The summed E-state index contributed by atoms with van der Waals surface area (Å²) in [6, 6.07) is 7.38. The molecule has 0 saturated carbocycles. The third-order valence-corrected chi connectivity index (χ3v) is 2.94. The molecule has 1 heterocycles. The van der Waals surface area contributed by atoms with Crippen LogP contribution in [0, 0.1) is 6.92 Å². The lowest BCUT2D eigenvalue weighted by Gasteiger charge is -2.18. The minimum Gasteiger partial charge on any atom is -0.394 e. The zero-order chi connectivity index (χ0) is 12.4. The summed E-state index contributed by atoms with van der Waals surface area (Å²) in [4.78, 5) is 4.25. The summed E-state index contributed by atoms with van der Waals surface area (Å²) in [5.41, 5.74) is 2.22. The van der Waals surface area contributed by atoms with Gasteiger partial charge in [0.15, 0.2) is 0 Å². The molecule has 0 saturated heterocycles. The van der Waals surface area contributed by atoms with Gasteiger partial charge in [0.2, 0.25) is 0 Å². The number of aryl methyl sites for hydroxylation is 1. The van der Waals surface area contributed by atoms with E-state index < -0.39 is 18.8 Å². The maximum Gasteiger partial charge on any atom is 0.107 e. The summed E-state index contributed by atoms with van der Waals surface area (Å²) in [7, 11) is 0. The standard InChI is InChI=1S/C13H15NO3/c1-8-10(13(17)11(16)7-15)5-4-9-3-2-6-14-12(8)9/h2-6,11,13,15-17H,7H2,1H3. The van der Waals surface area contributed by atoms with Crippen LogP contribution in [0.3, 0.4) is 0 Å². The molecule has 0 radical (unpaired) electrons. The molecule has 0 aliphatic rings. The van der Waals surface area contributed by atoms with Crippen LogP contribution in [0.4, 0.5) is 0 Å². The Bertz CT molecular complexity index is 527. The van der Waals surface area contributed by atoms with E-state index in [0.717, 1.165) is 16.5 Å². The van der Waals surface area contributed by atoms with Crippen molar-refractivity contribution in [2.75, 3.05) is 6.61 Å². The first-order valence-corrected chi connectivity index (χ1v) is 5.46. The van der Waals surface area contributed by atoms with Gasteiger partial charge in [0.05, 0.1) is 12.1 Å². The Morgan fingerprint density at radius 3 is 2.71 bits per heavy atom. The Balaban J connectivity index is 2.52. The number of hydrogen-bond acceptors (Lipinski definition) is 4. The van der Waals surface area contributed by atoms with Crippen molar-refractivity contribution in [2.45, 2.75) is 19.1 Å². The summed E-state index contributed by atoms with van der Waals surface area (Å²) >= 11 is 0. The molecular formula is C13H15NO3. The highest BCUT2D eigenvalue weighted by Gasteiger charge is 2.20. The van der Waals surface area contributed by atoms with Crippen LogP contribution in [0.1, 0.15) is 17.2 Å². The second kappa shape index (κ2) is 4.79. The highest BCUT2D eigenvalue weighted by atomic mass is 16.4. The average molecular weight is 233 g/mol. The third kappa shape index (κ3) is 2.15. The van der Waals surface area contributed by atoms with Crippen LogP contribution in [0.15, 0.2) is 30.5 Å². The topological polar surface area (TPSA) is 73.6 Å². The normalized spacial score (nSPS) is 14.8. The molecule has 17 heavy (non-hydrogen) atoms. The van der Waals surface area contributed by atoms with Gasteiger partial charge in [-0.25, -0.2) is 0 Å². The van der Waals surface area contributed by atoms with Crippen LogP contribution in [0.2, 0.25) is 0 Å². The highest BCUT2D eigenvalue weighted by molar-refractivity contribution is 5.82. The van der Waals surface area contributed by atoms with Gasteiger partial charge in [-0.3, -0.25) is 4.98 Å². The maximum atomic E-state index is 9.89. The summed E-state index contributed by atoms with van der Waals surface area (Å²) < 4.78 is 0. The van der Waals surface area contributed by atoms with Crippen molar-refractivity contribution in [3.05, 3.63) is 41.6 Å². The molecular weight excluding hydrogens is 218 g/mol. The van der Waals surface area contributed by atoms with Crippen LogP contribution >= 0.6 is 0 Å². The second-order valence-electron chi connectivity index (χ2n) is 4.05. The Kier molecular flexibility index (Phi) is 3.38. The molecule has 3 N–H and O–H groups in total. The molecule has 2 unspecified atom stereocenters. The predicted octanol–water partition coefficient (Wildman–Crippen LogP) is 0.930. The van der Waals surface area contributed by atoms with Gasteiger partial charge in [0.25, 0.3) is 0 Å². The van der Waals surface area contributed by atoms with Crippen LogP contribution in [-0.4, -0.2) is 33.0 Å². The fourth-order valence-electron chi connectivity index (χ4n) is 1.93. The molecule has 1 aromatic carbocycles. The van der Waals surface area contributed by atoms with E-state index in [2.05, 4.69) is 4.98 Å². The second-order valence-corrected chi connectivity index (χ2v) is 4.05. The molecule has 4 heteroatoms. The van der Waals surface area contributed by atoms with Crippen LogP contribution in [0.5, 0.6) is 0 Å². The lowest BCUT2D eigenvalue weighted by Crippen LogP contribution is -2.22. The van der Waals surface area contributed by atoms with Crippen molar-refractivity contribution in [2.24, 2.45) is 0 Å². The molecule has 1 aromatic heterocycles. The molecule has 4 nitrogen and oxygen atoms in total. The number of aromatic nitrogens is 1. The third-order valence-electron chi connectivity index (χ3n) is 2.94. The zero-order valence-electron chi connectivity index (χ0n) is 9.54. The SMILES string of the molecule is Cc1c(C(O)C(O)CO)ccc2cccnc12. The number of rotatable bonds is 3. The van der Waals surface area contributed by atoms with E-state index in [1.165, 1.54) is 0 Å². The molecule has 0 aliphatic carbocycles. The maximum absolute atomic E-state index is 9.89. The first-order chi connectivity index (χ1) is 8.15. The molecule has 0 fully saturated rings. The Hall–Kier alpha value is -1.49. The fourth-order valence-corrected chi connectivity index (χ4v) is 1.93. The van der Waals surface area contributed by atoms with E-state index in [9.17, 15) is 10.2 Å². The number of benzene rings is 1. The van der Waals surface area contributed by atoms with Gasteiger partial charge < -0.3 is 15.3 Å². The van der Waals surface area contributed by atoms with E-state index in [4.69, 9.17) is 5.11 Å². The molecule has 2 atom stereocenters. The number of pyridine rings is 1. The van der Waals surface area contributed by atoms with E-state index >= 15 is 0 Å². The van der Waals surface area contributed by atoms with Crippen molar-refractivity contribution in [1.29, 1.82) is 0 Å². The molecule has 2 rings (SSSR count). The molecule has 0 amide bonds. The van der Waals surface area contributed by atoms with Gasteiger partial charge in [-0.05, 0) is 24.1 Å². The van der Waals surface area contributed by atoms with Crippen molar-refractivity contribution in [1.82, 2.24) is 4.98 Å². The first-order valence-electron chi connectivity index (χ1n) is 5.46. The van der Waals surface area contributed by atoms with Gasteiger partial charge in [0.1, 0.15) is 12.2 Å². The van der Waals surface area contributed by atoms with Crippen molar-refractivity contribution < 1.29 is 15.3 Å². The number of hydrogen-bond donors (Lipinski definition) is 3. The number of fused-ring (bicyclic) bond motifs is 1. The molecule has 0 bridgehead atoms. The van der Waals surface area contributed by atoms with Gasteiger partial charge in [-0.1, -0.05) is 18.2 Å². The minimum absolute atomic E-state index is 0.471. The lowest BCUT2D eigenvalue weighted by atomic mass is 9.97. The zero-order valence-corrected chi connectivity index (χ0v) is 9.54. The van der Waals surface area contributed by atoms with Crippen LogP contribution < -0.4 is 0 Å². The van der Waals surface area contributed by atoms with E-state index in [1.807, 2.05) is 25.1 Å². The first kappa shape index (κ1) is 12.0. The number of nitrogens with zero attached hydrogens (tertiary/aromatic N) is 1. The van der Waals surface area contributed by atoms with Crippen molar-refractivity contribution in [3.8, 4) is 0 Å². The summed E-state index contributed by atoms with van der Waals surface area (Å²) in [6.07, 6.45) is -0.574. The Morgan fingerprint density at radius 2 is 2.00 bits per heavy atom. The quantitative estimate of drug-likeness (QED) is 0.737. The Morgan fingerprint density at radius 1 is 1.24 bits per heavy atom. The smallest absolute Gasteiger partial charge is 0.107 e. The largest absolute Gasteiger partial charge is 0.394 e. The van der Waals surface area contributed by atoms with Gasteiger partial charge >= 0.3 is 0 Å². The Labute approximate surface area is 99.2 Å². The summed E-state index contributed by atoms with van der Waals surface area (Å²) in [5, 5.41) is 29.2. The highest BCUT2D eigenvalue weighted by Crippen LogP contribution is 2.26. The van der Waals surface area contributed by atoms with Gasteiger partial charge in [0, 0.05) is 11.6 Å². The van der Waals surface area contributed by atoms with Crippen molar-refractivity contribution in [3.63, 3.8) is 0 Å². The van der Waals surface area contributed by atoms with Gasteiger partial charge in [-0.2, -0.15) is 0 Å². The fraction of sp³-hybridized carbons (Fsp3) is 0.308. The van der Waals surface area contributed by atoms with Gasteiger partial charge in [-0.15, -0.1) is 0 Å². The number of aliphatic hydroxyl groups is 3. The van der Waals surface area contributed by atoms with Crippen LogP contribution in [-0.2, 0) is 0 Å².